The van der Waals surface area contributed by atoms with E-state index in [-0.39, 0.29) is 63.2 Å². The molecule has 2 aliphatic heterocycles. The Bertz CT molecular complexity index is 1650. The van der Waals surface area contributed by atoms with E-state index in [0.717, 1.165) is 12.1 Å². The highest BCUT2D eigenvalue weighted by Gasteiger charge is 2.46. The van der Waals surface area contributed by atoms with Gasteiger partial charge in [0, 0.05) is 41.3 Å². The van der Waals surface area contributed by atoms with Crippen LogP contribution in [-0.2, 0) is 6.42 Å². The van der Waals surface area contributed by atoms with E-state index in [1.807, 2.05) is 0 Å². The second-order valence-electron chi connectivity index (χ2n) is 10.2. The van der Waals surface area contributed by atoms with Gasteiger partial charge in [0.1, 0.15) is 52.5 Å². The number of aliphatic hydroxyl groups excluding tert-OH is 2. The molecule has 4 aromatic rings. The molecule has 0 amide bonds. The first-order valence-corrected chi connectivity index (χ1v) is 12.7. The lowest BCUT2D eigenvalue weighted by Gasteiger charge is -2.40. The molecule has 0 aromatic heterocycles. The molecule has 0 saturated heterocycles. The largest absolute Gasteiger partial charge is 0.508 e. The first-order chi connectivity index (χ1) is 19.5. The van der Waals surface area contributed by atoms with Gasteiger partial charge in [-0.1, -0.05) is 18.2 Å². The topological polar surface area (TPSA) is 201 Å². The number of hydrogen-bond donors (Lipinski definition) is 9. The SMILES string of the molecule is Oc1ccc([C@H]2Oc3cc(O)cc(O)c3C(c3c(O)cc(O)c4c3O[C@H](c3ccc(O)c(O)c3)[C@H](O)C4)[C@H]2O)cc1. The number of fused-ring (bicyclic) bond motifs is 2. The molecule has 9 N–H and O–H groups in total. The van der Waals surface area contributed by atoms with Crippen LogP contribution in [0.2, 0.25) is 0 Å². The fourth-order valence-electron chi connectivity index (χ4n) is 5.66. The number of aliphatic hydroxyl groups is 2. The van der Waals surface area contributed by atoms with E-state index >= 15 is 0 Å². The molecule has 41 heavy (non-hydrogen) atoms. The van der Waals surface area contributed by atoms with Crippen molar-refractivity contribution in [1.29, 1.82) is 0 Å². The van der Waals surface area contributed by atoms with Crippen molar-refractivity contribution in [2.24, 2.45) is 0 Å². The van der Waals surface area contributed by atoms with E-state index in [9.17, 15) is 46.0 Å². The molecule has 4 aromatic carbocycles. The van der Waals surface area contributed by atoms with E-state index in [1.165, 1.54) is 48.5 Å². The zero-order valence-corrected chi connectivity index (χ0v) is 21.2. The standard InChI is InChI=1S/C30H26O11/c31-14-4-1-12(2-5-14)29-27(39)26(24-20(36)8-15(32)9-23(24)40-29)25-21(37)11-18(34)16-10-22(38)28(41-30(16)25)13-3-6-17(33)19(35)7-13/h1-9,11,22,26-29,31-39H,10H2/t22-,26?,27-,28-,29-/m1/s1. The van der Waals surface area contributed by atoms with Crippen molar-refractivity contribution in [1.82, 2.24) is 0 Å². The summed E-state index contributed by atoms with van der Waals surface area (Å²) in [6, 6.07) is 13.1. The third kappa shape index (κ3) is 4.31. The molecule has 11 nitrogen and oxygen atoms in total. The van der Waals surface area contributed by atoms with Gasteiger partial charge in [0.05, 0.1) is 12.0 Å². The molecule has 1 unspecified atom stereocenters. The van der Waals surface area contributed by atoms with Gasteiger partial charge in [0.2, 0.25) is 0 Å². The molecule has 0 bridgehead atoms. The maximum Gasteiger partial charge on any atom is 0.157 e. The predicted molar refractivity (Wildman–Crippen MR) is 142 cm³/mol. The molecule has 0 fully saturated rings. The van der Waals surface area contributed by atoms with Crippen molar-refractivity contribution in [2.75, 3.05) is 0 Å². The number of phenolic OH excluding ortho intramolecular Hbond substituents is 7. The van der Waals surface area contributed by atoms with Crippen LogP contribution < -0.4 is 9.47 Å². The lowest BCUT2D eigenvalue weighted by molar-refractivity contribution is 0.00122. The van der Waals surface area contributed by atoms with Gasteiger partial charge in [-0.2, -0.15) is 0 Å². The van der Waals surface area contributed by atoms with Crippen molar-refractivity contribution < 1.29 is 55.4 Å². The summed E-state index contributed by atoms with van der Waals surface area (Å²) in [4.78, 5) is 0. The van der Waals surface area contributed by atoms with Gasteiger partial charge in [-0.25, -0.2) is 0 Å². The summed E-state index contributed by atoms with van der Waals surface area (Å²) < 4.78 is 12.2. The Morgan fingerprint density at radius 3 is 1.95 bits per heavy atom. The van der Waals surface area contributed by atoms with Crippen molar-refractivity contribution in [3.05, 3.63) is 88.5 Å². The number of hydrogen-bond acceptors (Lipinski definition) is 11. The van der Waals surface area contributed by atoms with Crippen LogP contribution >= 0.6 is 0 Å². The summed E-state index contributed by atoms with van der Waals surface area (Å²) in [5, 5.41) is 95.2. The number of ether oxygens (including phenoxy) is 2. The van der Waals surface area contributed by atoms with Crippen molar-refractivity contribution in [2.45, 2.75) is 36.8 Å². The Morgan fingerprint density at radius 2 is 1.24 bits per heavy atom. The molecule has 212 valence electrons. The monoisotopic (exact) mass is 562 g/mol. The Labute approximate surface area is 232 Å². The minimum absolute atomic E-state index is 0.00736. The summed E-state index contributed by atoms with van der Waals surface area (Å²) >= 11 is 0. The highest BCUT2D eigenvalue weighted by atomic mass is 16.5. The van der Waals surface area contributed by atoms with Crippen LogP contribution in [0.1, 0.15) is 45.9 Å². The van der Waals surface area contributed by atoms with Gasteiger partial charge in [-0.3, -0.25) is 0 Å². The molecule has 2 heterocycles. The molecule has 0 radical (unpaired) electrons. The fraction of sp³-hybridized carbons (Fsp3) is 0.200. The lowest BCUT2D eigenvalue weighted by Crippen LogP contribution is -2.36. The Hall–Kier alpha value is -5.00. The average Bonchev–Trinajstić information content (AvgIpc) is 2.92. The zero-order chi connectivity index (χ0) is 29.2. The highest BCUT2D eigenvalue weighted by Crippen LogP contribution is 2.57. The molecule has 2 aliphatic rings. The Balaban J connectivity index is 1.55. The van der Waals surface area contributed by atoms with Crippen LogP contribution in [0.15, 0.2) is 60.7 Å². The van der Waals surface area contributed by atoms with Crippen molar-refractivity contribution >= 4 is 0 Å². The summed E-state index contributed by atoms with van der Waals surface area (Å²) in [6.45, 7) is 0. The van der Waals surface area contributed by atoms with Crippen LogP contribution in [0.25, 0.3) is 0 Å². The fourth-order valence-corrected chi connectivity index (χ4v) is 5.66. The van der Waals surface area contributed by atoms with Gasteiger partial charge in [-0.05, 0) is 35.4 Å². The lowest BCUT2D eigenvalue weighted by atomic mass is 9.77. The highest BCUT2D eigenvalue weighted by molar-refractivity contribution is 5.65. The van der Waals surface area contributed by atoms with Gasteiger partial charge in [0.25, 0.3) is 0 Å². The number of phenols is 7. The quantitative estimate of drug-likeness (QED) is 0.166. The molecular weight excluding hydrogens is 536 g/mol. The van der Waals surface area contributed by atoms with Crippen molar-refractivity contribution in [3.63, 3.8) is 0 Å². The molecule has 0 spiro atoms. The summed E-state index contributed by atoms with van der Waals surface area (Å²) in [5.74, 6) is -3.76. The minimum atomic E-state index is -1.48. The number of aromatic hydroxyl groups is 7. The number of benzene rings is 4. The average molecular weight is 563 g/mol. The molecule has 0 aliphatic carbocycles. The molecular formula is C30H26O11. The van der Waals surface area contributed by atoms with E-state index < -0.39 is 47.6 Å². The Morgan fingerprint density at radius 1 is 0.561 bits per heavy atom. The molecule has 5 atom stereocenters. The van der Waals surface area contributed by atoms with Crippen LogP contribution in [0.5, 0.6) is 51.7 Å². The Kier molecular flexibility index (Phi) is 6.13. The first kappa shape index (κ1) is 26.2. The van der Waals surface area contributed by atoms with E-state index in [0.29, 0.717) is 5.56 Å². The summed E-state index contributed by atoms with van der Waals surface area (Å²) in [5.41, 5.74) is 0.857. The molecule has 0 saturated carbocycles. The predicted octanol–water partition coefficient (Wildman–Crippen LogP) is 3.29. The first-order valence-electron chi connectivity index (χ1n) is 12.7. The normalized spacial score (nSPS) is 23.1. The maximum absolute atomic E-state index is 11.7. The minimum Gasteiger partial charge on any atom is -0.508 e. The van der Waals surface area contributed by atoms with E-state index in [2.05, 4.69) is 0 Å². The van der Waals surface area contributed by atoms with Gasteiger partial charge < -0.3 is 55.4 Å². The van der Waals surface area contributed by atoms with Crippen LogP contribution in [-0.4, -0.2) is 58.2 Å². The van der Waals surface area contributed by atoms with Gasteiger partial charge in [0.15, 0.2) is 17.6 Å². The second-order valence-corrected chi connectivity index (χ2v) is 10.2. The molecule has 11 heteroatoms. The van der Waals surface area contributed by atoms with Crippen LogP contribution in [0.4, 0.5) is 0 Å². The van der Waals surface area contributed by atoms with Crippen molar-refractivity contribution in [3.8, 4) is 51.7 Å². The van der Waals surface area contributed by atoms with Crippen LogP contribution in [0.3, 0.4) is 0 Å². The number of rotatable bonds is 3. The zero-order valence-electron chi connectivity index (χ0n) is 21.2. The summed E-state index contributed by atoms with van der Waals surface area (Å²) in [6.07, 6.45) is -5.05. The smallest absolute Gasteiger partial charge is 0.157 e. The molecule has 6 rings (SSSR count). The van der Waals surface area contributed by atoms with Crippen LogP contribution in [0, 0.1) is 0 Å². The van der Waals surface area contributed by atoms with Gasteiger partial charge >= 0.3 is 0 Å². The van der Waals surface area contributed by atoms with Gasteiger partial charge in [-0.15, -0.1) is 0 Å². The van der Waals surface area contributed by atoms with E-state index in [1.54, 1.807) is 0 Å². The van der Waals surface area contributed by atoms with E-state index in [4.69, 9.17) is 9.47 Å². The third-order valence-electron chi connectivity index (χ3n) is 7.57. The summed E-state index contributed by atoms with van der Waals surface area (Å²) in [7, 11) is 0. The second kappa shape index (κ2) is 9.58. The third-order valence-corrected chi connectivity index (χ3v) is 7.57. The maximum atomic E-state index is 11.7.